The van der Waals surface area contributed by atoms with Crippen molar-refractivity contribution in [1.29, 1.82) is 0 Å². The van der Waals surface area contributed by atoms with Crippen molar-refractivity contribution in [2.45, 2.75) is 76.7 Å². The molecule has 0 saturated carbocycles. The van der Waals surface area contributed by atoms with Crippen LogP contribution in [0.1, 0.15) is 52.4 Å². The highest BCUT2D eigenvalue weighted by Gasteiger charge is 2.48. The van der Waals surface area contributed by atoms with Crippen LogP contribution in [0.2, 0.25) is 0 Å². The van der Waals surface area contributed by atoms with Crippen LogP contribution in [-0.4, -0.2) is 35.7 Å². The summed E-state index contributed by atoms with van der Waals surface area (Å²) in [4.78, 5) is 1.63. The summed E-state index contributed by atoms with van der Waals surface area (Å²) in [5.41, 5.74) is 5.74. The van der Waals surface area contributed by atoms with Crippen LogP contribution >= 0.6 is 0 Å². The Hall–Kier alpha value is -0.290. The summed E-state index contributed by atoms with van der Waals surface area (Å²) in [7, 11) is 0. The number of alkyl halides is 3. The van der Waals surface area contributed by atoms with Crippen molar-refractivity contribution in [1.82, 2.24) is 4.90 Å². The van der Waals surface area contributed by atoms with Gasteiger partial charge in [-0.2, -0.15) is 13.2 Å². The zero-order chi connectivity index (χ0) is 13.8. The number of halogens is 3. The molecule has 108 valence electrons. The van der Waals surface area contributed by atoms with Crippen molar-refractivity contribution in [2.75, 3.05) is 6.54 Å². The van der Waals surface area contributed by atoms with Crippen LogP contribution in [-0.2, 0) is 0 Å². The van der Waals surface area contributed by atoms with Gasteiger partial charge < -0.3 is 5.73 Å². The Morgan fingerprint density at radius 3 is 2.39 bits per heavy atom. The van der Waals surface area contributed by atoms with Gasteiger partial charge >= 0.3 is 6.18 Å². The van der Waals surface area contributed by atoms with Crippen molar-refractivity contribution >= 4 is 0 Å². The smallest absolute Gasteiger partial charge is 0.326 e. The summed E-state index contributed by atoms with van der Waals surface area (Å²) >= 11 is 0. The third-order valence-corrected chi connectivity index (χ3v) is 3.96. The summed E-state index contributed by atoms with van der Waals surface area (Å²) in [5, 5.41) is 0. The van der Waals surface area contributed by atoms with E-state index in [1.807, 2.05) is 6.92 Å². The van der Waals surface area contributed by atoms with E-state index in [4.69, 9.17) is 5.73 Å². The van der Waals surface area contributed by atoms with Crippen molar-refractivity contribution in [2.24, 2.45) is 5.73 Å². The van der Waals surface area contributed by atoms with Crippen molar-refractivity contribution in [3.8, 4) is 0 Å². The first-order valence-electron chi connectivity index (χ1n) is 6.99. The Bertz CT molecular complexity index is 243. The summed E-state index contributed by atoms with van der Waals surface area (Å²) < 4.78 is 39.8. The highest BCUT2D eigenvalue weighted by atomic mass is 19.4. The van der Waals surface area contributed by atoms with Crippen LogP contribution < -0.4 is 5.73 Å². The SMILES string of the molecule is CCC(N)C(N1CCCCCC1CC)C(F)(F)F. The maximum absolute atomic E-state index is 13.3. The molecule has 0 spiro atoms. The summed E-state index contributed by atoms with van der Waals surface area (Å²) in [6.45, 7) is 4.21. The van der Waals surface area contributed by atoms with Gasteiger partial charge in [0.2, 0.25) is 0 Å². The number of hydrogen-bond donors (Lipinski definition) is 1. The first kappa shape index (κ1) is 15.8. The molecule has 0 aliphatic carbocycles. The summed E-state index contributed by atoms with van der Waals surface area (Å²) in [6, 6.07) is -2.28. The highest BCUT2D eigenvalue weighted by Crippen LogP contribution is 2.32. The fourth-order valence-corrected chi connectivity index (χ4v) is 2.90. The normalized spacial score (nSPS) is 26.7. The Kier molecular flexibility index (Phi) is 5.92. The van der Waals surface area contributed by atoms with E-state index in [1.165, 1.54) is 0 Å². The zero-order valence-electron chi connectivity index (χ0n) is 11.3. The Labute approximate surface area is 108 Å². The lowest BCUT2D eigenvalue weighted by Crippen LogP contribution is -2.58. The average Bonchev–Trinajstić information content (AvgIpc) is 2.52. The lowest BCUT2D eigenvalue weighted by atomic mass is 9.99. The van der Waals surface area contributed by atoms with E-state index in [0.717, 1.165) is 32.1 Å². The van der Waals surface area contributed by atoms with Gasteiger partial charge in [0.1, 0.15) is 6.04 Å². The Balaban J connectivity index is 2.93. The number of hydrogen-bond acceptors (Lipinski definition) is 2. The molecule has 0 aromatic heterocycles. The minimum absolute atomic E-state index is 0.0247. The lowest BCUT2D eigenvalue weighted by Gasteiger charge is -2.40. The monoisotopic (exact) mass is 266 g/mol. The van der Waals surface area contributed by atoms with Crippen LogP contribution in [0.3, 0.4) is 0 Å². The average molecular weight is 266 g/mol. The molecule has 5 heteroatoms. The van der Waals surface area contributed by atoms with E-state index in [9.17, 15) is 13.2 Å². The molecule has 1 heterocycles. The number of nitrogens with zero attached hydrogens (tertiary/aromatic N) is 1. The van der Waals surface area contributed by atoms with E-state index in [1.54, 1.807) is 11.8 Å². The van der Waals surface area contributed by atoms with Gasteiger partial charge in [-0.25, -0.2) is 0 Å². The van der Waals surface area contributed by atoms with E-state index >= 15 is 0 Å². The quantitative estimate of drug-likeness (QED) is 0.846. The lowest BCUT2D eigenvalue weighted by molar-refractivity contribution is -0.195. The van der Waals surface area contributed by atoms with Crippen LogP contribution in [0.5, 0.6) is 0 Å². The molecule has 18 heavy (non-hydrogen) atoms. The van der Waals surface area contributed by atoms with E-state index in [2.05, 4.69) is 0 Å². The Morgan fingerprint density at radius 2 is 1.89 bits per heavy atom. The summed E-state index contributed by atoms with van der Waals surface area (Å²) in [6.07, 6.45) is 0.659. The molecule has 1 rings (SSSR count). The van der Waals surface area contributed by atoms with Crippen molar-refractivity contribution < 1.29 is 13.2 Å². The molecule has 0 aromatic rings. The van der Waals surface area contributed by atoms with Gasteiger partial charge in [0, 0.05) is 12.1 Å². The topological polar surface area (TPSA) is 29.3 Å². The number of rotatable bonds is 4. The maximum Gasteiger partial charge on any atom is 0.405 e. The molecule has 0 bridgehead atoms. The van der Waals surface area contributed by atoms with Gasteiger partial charge in [0.15, 0.2) is 0 Å². The van der Waals surface area contributed by atoms with Crippen molar-refractivity contribution in [3.05, 3.63) is 0 Å². The van der Waals surface area contributed by atoms with Gasteiger partial charge in [-0.3, -0.25) is 4.90 Å². The van der Waals surface area contributed by atoms with E-state index in [0.29, 0.717) is 13.0 Å². The molecule has 1 saturated heterocycles. The standard InChI is InChI=1S/C13H25F3N2/c1-3-10-8-6-5-7-9-18(10)12(11(17)4-2)13(14,15)16/h10-12H,3-9,17H2,1-2H3. The van der Waals surface area contributed by atoms with Gasteiger partial charge in [0.25, 0.3) is 0 Å². The fraction of sp³-hybridized carbons (Fsp3) is 1.00. The predicted molar refractivity (Wildman–Crippen MR) is 67.4 cm³/mol. The molecule has 0 amide bonds. The number of nitrogens with two attached hydrogens (primary N) is 1. The fourth-order valence-electron chi connectivity index (χ4n) is 2.90. The number of likely N-dealkylation sites (tertiary alicyclic amines) is 1. The Morgan fingerprint density at radius 1 is 1.22 bits per heavy atom. The second kappa shape index (κ2) is 6.75. The minimum Gasteiger partial charge on any atom is -0.326 e. The third-order valence-electron chi connectivity index (χ3n) is 3.96. The van der Waals surface area contributed by atoms with Gasteiger partial charge in [-0.15, -0.1) is 0 Å². The van der Waals surface area contributed by atoms with Crippen molar-refractivity contribution in [3.63, 3.8) is 0 Å². The molecule has 2 N–H and O–H groups in total. The maximum atomic E-state index is 13.3. The molecule has 0 aromatic carbocycles. The molecule has 2 nitrogen and oxygen atoms in total. The zero-order valence-corrected chi connectivity index (χ0v) is 11.3. The third kappa shape index (κ3) is 3.85. The van der Waals surface area contributed by atoms with Gasteiger partial charge in [-0.05, 0) is 32.2 Å². The highest BCUT2D eigenvalue weighted by molar-refractivity contribution is 4.91. The van der Waals surface area contributed by atoms with Gasteiger partial charge in [-0.1, -0.05) is 26.7 Å². The first-order valence-corrected chi connectivity index (χ1v) is 6.99. The van der Waals surface area contributed by atoms with E-state index in [-0.39, 0.29) is 6.04 Å². The second-order valence-electron chi connectivity index (χ2n) is 5.21. The predicted octanol–water partition coefficient (Wildman–Crippen LogP) is 3.31. The van der Waals surface area contributed by atoms with Crippen LogP contribution in [0.4, 0.5) is 13.2 Å². The summed E-state index contributed by atoms with van der Waals surface area (Å²) in [5.74, 6) is 0. The molecular formula is C13H25F3N2. The molecule has 1 aliphatic heterocycles. The molecule has 0 radical (unpaired) electrons. The molecule has 3 atom stereocenters. The molecule has 3 unspecified atom stereocenters. The first-order chi connectivity index (χ1) is 8.41. The largest absolute Gasteiger partial charge is 0.405 e. The minimum atomic E-state index is -4.23. The molecule has 1 fully saturated rings. The van der Waals surface area contributed by atoms with Crippen LogP contribution in [0.25, 0.3) is 0 Å². The van der Waals surface area contributed by atoms with Crippen LogP contribution in [0, 0.1) is 0 Å². The molecular weight excluding hydrogens is 241 g/mol. The van der Waals surface area contributed by atoms with E-state index < -0.39 is 18.3 Å². The van der Waals surface area contributed by atoms with Gasteiger partial charge in [0.05, 0.1) is 0 Å². The second-order valence-corrected chi connectivity index (χ2v) is 5.21. The molecule has 1 aliphatic rings. The van der Waals surface area contributed by atoms with Crippen LogP contribution in [0.15, 0.2) is 0 Å².